The number of benzene rings is 2. The summed E-state index contributed by atoms with van der Waals surface area (Å²) < 4.78 is 116. The van der Waals surface area contributed by atoms with Crippen molar-refractivity contribution in [1.29, 1.82) is 0 Å². The van der Waals surface area contributed by atoms with Crippen LogP contribution in [0.4, 0.5) is 30.7 Å². The first kappa shape index (κ1) is 40.1. The second-order valence-electron chi connectivity index (χ2n) is 15.8. The molecule has 1 unspecified atom stereocenters. The Kier molecular flexibility index (Phi) is 9.64. The van der Waals surface area contributed by atoms with Gasteiger partial charge in [0.2, 0.25) is 0 Å². The van der Waals surface area contributed by atoms with E-state index in [-0.39, 0.29) is 35.5 Å². The van der Waals surface area contributed by atoms with Crippen LogP contribution >= 0.6 is 11.6 Å². The molecule has 2 aromatic carbocycles. The molecule has 8 nitrogen and oxygen atoms in total. The van der Waals surface area contributed by atoms with E-state index in [9.17, 15) is 36.1 Å². The summed E-state index contributed by atoms with van der Waals surface area (Å²) in [5.41, 5.74) is -1.19. The molecule has 58 heavy (non-hydrogen) atoms. The van der Waals surface area contributed by atoms with Gasteiger partial charge in [-0.05, 0) is 76.0 Å². The van der Waals surface area contributed by atoms with Gasteiger partial charge in [0, 0.05) is 53.6 Å². The Bertz CT molecular complexity index is 2690. The number of hydrogen-bond donors (Lipinski definition) is 1. The number of alkyl halides is 6. The van der Waals surface area contributed by atoms with Gasteiger partial charge < -0.3 is 5.11 Å². The largest absolute Gasteiger partial charge is 0.377 e. The molecule has 0 bridgehead atoms. The minimum atomic E-state index is -3.46. The predicted octanol–water partition coefficient (Wildman–Crippen LogP) is 8.11. The van der Waals surface area contributed by atoms with Crippen molar-refractivity contribution in [2.75, 3.05) is 6.26 Å². The van der Waals surface area contributed by atoms with Gasteiger partial charge in [-0.25, -0.2) is 26.9 Å². The van der Waals surface area contributed by atoms with E-state index in [1.54, 1.807) is 31.3 Å². The fourth-order valence-electron chi connectivity index (χ4n) is 8.52. The number of carbonyl (C=O) groups is 1. The van der Waals surface area contributed by atoms with Crippen molar-refractivity contribution in [3.8, 4) is 23.0 Å². The molecule has 2 saturated carbocycles. The average molecular weight is 846 g/mol. The first-order chi connectivity index (χ1) is 27.1. The van der Waals surface area contributed by atoms with E-state index >= 15 is 8.78 Å². The molecular weight excluding hydrogens is 811 g/mol. The van der Waals surface area contributed by atoms with E-state index in [0.29, 0.717) is 43.0 Å². The molecule has 8 rings (SSSR count). The normalized spacial score (nSPS) is 21.1. The molecule has 0 aliphatic heterocycles. The number of aliphatic hydroxyl groups is 1. The summed E-state index contributed by atoms with van der Waals surface area (Å²) in [5.74, 6) is -1.75. The van der Waals surface area contributed by atoms with Crippen molar-refractivity contribution in [3.63, 3.8) is 0 Å². The van der Waals surface area contributed by atoms with Crippen LogP contribution in [-0.4, -0.2) is 63.3 Å². The van der Waals surface area contributed by atoms with Crippen LogP contribution in [0.5, 0.6) is 0 Å². The van der Waals surface area contributed by atoms with Crippen molar-refractivity contribution < 1.29 is 44.8 Å². The highest BCUT2D eigenvalue weighted by Crippen LogP contribution is 2.68. The number of aromatic nitrogens is 5. The van der Waals surface area contributed by atoms with Crippen LogP contribution in [0.3, 0.4) is 0 Å². The summed E-state index contributed by atoms with van der Waals surface area (Å²) in [4.78, 5) is 18.9. The molecule has 17 heteroatoms. The van der Waals surface area contributed by atoms with Crippen LogP contribution in [0.1, 0.15) is 83.5 Å². The fourth-order valence-corrected chi connectivity index (χ4v) is 9.56. The van der Waals surface area contributed by atoms with E-state index in [1.807, 2.05) is 0 Å². The number of halogens is 8. The Labute approximate surface area is 333 Å². The van der Waals surface area contributed by atoms with Crippen LogP contribution in [0.2, 0.25) is 5.02 Å². The second-order valence-corrected chi connectivity index (χ2v) is 18.9. The molecule has 3 heterocycles. The highest BCUT2D eigenvalue weighted by Gasteiger charge is 2.67. The lowest BCUT2D eigenvalue weighted by Crippen LogP contribution is -2.50. The lowest BCUT2D eigenvalue weighted by atomic mass is 9.77. The van der Waals surface area contributed by atoms with Gasteiger partial charge in [-0.3, -0.25) is 18.4 Å². The molecule has 304 valence electrons. The third-order valence-electron chi connectivity index (χ3n) is 10.9. The minimum Gasteiger partial charge on any atom is -0.377 e. The Hall–Kier alpha value is -4.72. The molecule has 0 saturated heterocycles. The van der Waals surface area contributed by atoms with E-state index < -0.39 is 99.9 Å². The zero-order valence-corrected chi connectivity index (χ0v) is 32.6. The van der Waals surface area contributed by atoms with Gasteiger partial charge in [0.1, 0.15) is 35.0 Å². The average Bonchev–Trinajstić information content (AvgIpc) is 3.65. The van der Waals surface area contributed by atoms with Crippen molar-refractivity contribution in [1.82, 2.24) is 24.5 Å². The molecule has 5 aromatic rings. The van der Waals surface area contributed by atoms with Gasteiger partial charge in [0.15, 0.2) is 5.78 Å². The van der Waals surface area contributed by atoms with Crippen LogP contribution < -0.4 is 0 Å². The summed E-state index contributed by atoms with van der Waals surface area (Å²) in [5, 5.41) is 19.8. The van der Waals surface area contributed by atoms with Crippen LogP contribution in [0.25, 0.3) is 22.0 Å². The number of ketones is 1. The van der Waals surface area contributed by atoms with Gasteiger partial charge >= 0.3 is 0 Å². The molecule has 3 aliphatic rings. The van der Waals surface area contributed by atoms with Crippen LogP contribution in [-0.2, 0) is 46.0 Å². The van der Waals surface area contributed by atoms with E-state index in [1.165, 1.54) is 35.2 Å². The lowest BCUT2D eigenvalue weighted by Gasteiger charge is -2.39. The summed E-state index contributed by atoms with van der Waals surface area (Å²) >= 11 is 6.71. The fraction of sp³-hybridized carbons (Fsp3) is 0.390. The van der Waals surface area contributed by atoms with E-state index in [4.69, 9.17) is 16.6 Å². The Morgan fingerprint density at radius 2 is 1.81 bits per heavy atom. The monoisotopic (exact) mass is 845 g/mol. The number of rotatable bonds is 11. The molecule has 4 atom stereocenters. The van der Waals surface area contributed by atoms with Crippen LogP contribution in [0.15, 0.2) is 48.5 Å². The molecule has 1 N–H and O–H groups in total. The maximum atomic E-state index is 15.4. The number of nitrogens with zero attached hydrogens (tertiary/aromatic N) is 5. The summed E-state index contributed by atoms with van der Waals surface area (Å²) in [6.45, 7) is -0.766. The zero-order valence-electron chi connectivity index (χ0n) is 31.0. The summed E-state index contributed by atoms with van der Waals surface area (Å²) in [7, 11) is -0.935. The molecule has 0 spiro atoms. The first-order valence-electron chi connectivity index (χ1n) is 18.2. The van der Waals surface area contributed by atoms with Crippen molar-refractivity contribution >= 4 is 43.7 Å². The standard InChI is InChI=1S/C41H35ClF7N5O3S/c1-53-36-27(9-10-30(42)33(36)31(51-53)18-58(2,3)57)26-8-7-24(11-12-39(56)19-40(46,47)20-39)50-34(26)22(13-21-5-4-6-23(43)14-21)15-25(55)17-54-37-32(35(52-54)38(44)45)28-16-29(28)41(37,48)49/h4-10,14,22,28-29,38,56H,2,13,15-20H2,1,3H3/t22-,28+,29-,58?/m1/s1. The number of pyridine rings is 1. The number of aryl methyl sites for hydroxylation is 1. The van der Waals surface area contributed by atoms with E-state index in [0.717, 1.165) is 0 Å². The van der Waals surface area contributed by atoms with E-state index in [2.05, 4.69) is 27.9 Å². The quantitative estimate of drug-likeness (QED) is 0.0820. The first-order valence-corrected chi connectivity index (χ1v) is 20.9. The van der Waals surface area contributed by atoms with Gasteiger partial charge in [-0.1, -0.05) is 35.7 Å². The highest BCUT2D eigenvalue weighted by molar-refractivity contribution is 7.98. The van der Waals surface area contributed by atoms with Gasteiger partial charge in [-0.15, -0.1) is 0 Å². The van der Waals surface area contributed by atoms with Crippen LogP contribution in [0, 0.1) is 23.6 Å². The smallest absolute Gasteiger partial charge is 0.293 e. The van der Waals surface area contributed by atoms with Gasteiger partial charge in [0.25, 0.3) is 18.3 Å². The number of fused-ring (bicyclic) bond motifs is 4. The number of Topliss-reactive ketones (excluding diaryl/α,β-unsaturated/α-hetero) is 1. The SMILES string of the molecule is C=S(C)(=O)Cc1nn(C)c2c(-c3ccc(C#CC4(O)CC(F)(F)C4)nc3[C@@H](CC(=O)Cn3nc(C(F)F)c4c3C(F)(F)[C@@H]3C[C@H]43)Cc3cccc(F)c3)ccc(Cl)c12. The van der Waals surface area contributed by atoms with Gasteiger partial charge in [0.05, 0.1) is 40.5 Å². The third-order valence-corrected chi connectivity index (χ3v) is 12.1. The topological polar surface area (TPSA) is 103 Å². The highest BCUT2D eigenvalue weighted by atomic mass is 35.5. The van der Waals surface area contributed by atoms with Crippen molar-refractivity contribution in [2.45, 2.75) is 80.1 Å². The minimum absolute atomic E-state index is 0.00323. The molecule has 3 aromatic heterocycles. The molecular formula is C41H35ClF7N5O3S. The second kappa shape index (κ2) is 13.9. The predicted molar refractivity (Wildman–Crippen MR) is 204 cm³/mol. The number of hydrogen-bond acceptors (Lipinski definition) is 6. The Morgan fingerprint density at radius 3 is 2.48 bits per heavy atom. The lowest BCUT2D eigenvalue weighted by molar-refractivity contribution is -0.176. The molecule has 2 fully saturated rings. The van der Waals surface area contributed by atoms with Gasteiger partial charge in [-0.2, -0.15) is 19.0 Å². The molecule has 0 amide bonds. The molecule has 0 radical (unpaired) electrons. The number of carbonyl (C=O) groups excluding carboxylic acids is 1. The van der Waals surface area contributed by atoms with Crippen molar-refractivity contribution in [3.05, 3.63) is 99.0 Å². The molecule has 3 aliphatic carbocycles. The Morgan fingerprint density at radius 1 is 1.09 bits per heavy atom. The summed E-state index contributed by atoms with van der Waals surface area (Å²) in [6, 6.07) is 12.0. The Balaban J connectivity index is 1.26. The summed E-state index contributed by atoms with van der Waals surface area (Å²) in [6.07, 6.45) is -3.81. The maximum absolute atomic E-state index is 15.4. The van der Waals surface area contributed by atoms with Crippen molar-refractivity contribution in [2.24, 2.45) is 13.0 Å². The third kappa shape index (κ3) is 7.41. The maximum Gasteiger partial charge on any atom is 0.293 e. The zero-order chi connectivity index (χ0) is 41.7.